The minimum absolute atomic E-state index is 0.131. The van der Waals surface area contributed by atoms with Crippen LogP contribution in [0.5, 0.6) is 5.75 Å². The topological polar surface area (TPSA) is 62.3 Å². The first-order chi connectivity index (χ1) is 7.13. The summed E-state index contributed by atoms with van der Waals surface area (Å²) in [7, 11) is 1.34. The molecule has 2 rings (SSSR count). The number of methoxy groups -OCH3 is 1. The highest BCUT2D eigenvalue weighted by atomic mass is 16.5. The monoisotopic (exact) mass is 205 g/mol. The van der Waals surface area contributed by atoms with Gasteiger partial charge in [-0.05, 0) is 25.1 Å². The first-order valence-electron chi connectivity index (χ1n) is 4.53. The second-order valence-electron chi connectivity index (χ2n) is 3.35. The van der Waals surface area contributed by atoms with Crippen LogP contribution in [0.25, 0.3) is 10.9 Å². The fourth-order valence-electron chi connectivity index (χ4n) is 1.68. The lowest BCUT2D eigenvalue weighted by molar-refractivity contribution is 0.0602. The van der Waals surface area contributed by atoms with Crippen LogP contribution in [0.15, 0.2) is 18.2 Å². The van der Waals surface area contributed by atoms with E-state index in [1.807, 2.05) is 0 Å². The predicted octanol–water partition coefficient (Wildman–Crippen LogP) is 1.97. The highest BCUT2D eigenvalue weighted by Gasteiger charge is 2.16. The SMILES string of the molecule is COC(=O)c1c(C)[nH]c2ccc(O)cc12. The quantitative estimate of drug-likeness (QED) is 0.699. The lowest BCUT2D eigenvalue weighted by Crippen LogP contribution is -2.01. The Hall–Kier alpha value is -1.97. The summed E-state index contributed by atoms with van der Waals surface area (Å²) < 4.78 is 4.68. The first kappa shape index (κ1) is 9.58. The molecule has 2 aromatic rings. The Morgan fingerprint density at radius 2 is 2.20 bits per heavy atom. The molecule has 0 saturated carbocycles. The number of fused-ring (bicyclic) bond motifs is 1. The Labute approximate surface area is 86.5 Å². The molecule has 0 aliphatic rings. The number of aromatic nitrogens is 1. The molecule has 0 saturated heterocycles. The van der Waals surface area contributed by atoms with Crippen molar-refractivity contribution in [2.45, 2.75) is 6.92 Å². The lowest BCUT2D eigenvalue weighted by atomic mass is 10.1. The van der Waals surface area contributed by atoms with Crippen molar-refractivity contribution < 1.29 is 14.6 Å². The van der Waals surface area contributed by atoms with E-state index < -0.39 is 5.97 Å². The number of ether oxygens (including phenoxy) is 1. The summed E-state index contributed by atoms with van der Waals surface area (Å²) in [6, 6.07) is 4.84. The van der Waals surface area contributed by atoms with Gasteiger partial charge in [0.25, 0.3) is 0 Å². The largest absolute Gasteiger partial charge is 0.508 e. The predicted molar refractivity (Wildman–Crippen MR) is 56.0 cm³/mol. The molecular formula is C11H11NO3. The van der Waals surface area contributed by atoms with Gasteiger partial charge in [0.15, 0.2) is 0 Å². The number of hydrogen-bond acceptors (Lipinski definition) is 3. The fourth-order valence-corrected chi connectivity index (χ4v) is 1.68. The molecular weight excluding hydrogens is 194 g/mol. The van der Waals surface area contributed by atoms with E-state index in [2.05, 4.69) is 9.72 Å². The molecule has 1 aromatic heterocycles. The standard InChI is InChI=1S/C11H11NO3/c1-6-10(11(14)15-2)8-5-7(13)3-4-9(8)12-6/h3-5,12-13H,1-2H3. The van der Waals surface area contributed by atoms with E-state index in [-0.39, 0.29) is 5.75 Å². The van der Waals surface area contributed by atoms with E-state index in [9.17, 15) is 9.90 Å². The Morgan fingerprint density at radius 1 is 1.47 bits per heavy atom. The number of carbonyl (C=O) groups is 1. The molecule has 0 fully saturated rings. The minimum Gasteiger partial charge on any atom is -0.508 e. The summed E-state index contributed by atoms with van der Waals surface area (Å²) in [5.74, 6) is -0.268. The molecule has 0 unspecified atom stereocenters. The first-order valence-corrected chi connectivity index (χ1v) is 4.53. The van der Waals surface area contributed by atoms with Gasteiger partial charge in [-0.1, -0.05) is 0 Å². The van der Waals surface area contributed by atoms with Crippen LogP contribution >= 0.6 is 0 Å². The summed E-state index contributed by atoms with van der Waals surface area (Å²) in [4.78, 5) is 14.6. The average Bonchev–Trinajstić information content (AvgIpc) is 2.52. The van der Waals surface area contributed by atoms with Gasteiger partial charge in [-0.2, -0.15) is 0 Å². The summed E-state index contributed by atoms with van der Waals surface area (Å²) >= 11 is 0. The average molecular weight is 205 g/mol. The molecule has 0 bridgehead atoms. The van der Waals surface area contributed by atoms with Crippen LogP contribution in [-0.4, -0.2) is 23.2 Å². The van der Waals surface area contributed by atoms with Crippen LogP contribution in [-0.2, 0) is 4.74 Å². The third-order valence-electron chi connectivity index (χ3n) is 2.36. The number of nitrogens with one attached hydrogen (secondary N) is 1. The van der Waals surface area contributed by atoms with Gasteiger partial charge < -0.3 is 14.8 Å². The number of H-pyrrole nitrogens is 1. The van der Waals surface area contributed by atoms with Gasteiger partial charge in [-0.25, -0.2) is 4.79 Å². The van der Waals surface area contributed by atoms with Crippen LogP contribution in [0.4, 0.5) is 0 Å². The van der Waals surface area contributed by atoms with Gasteiger partial charge >= 0.3 is 5.97 Å². The second kappa shape index (κ2) is 3.31. The molecule has 0 aliphatic carbocycles. The third-order valence-corrected chi connectivity index (χ3v) is 2.36. The summed E-state index contributed by atoms with van der Waals surface area (Å²) in [6.45, 7) is 1.79. The van der Waals surface area contributed by atoms with Gasteiger partial charge in [0, 0.05) is 16.6 Å². The molecule has 0 radical (unpaired) electrons. The fraction of sp³-hybridized carbons (Fsp3) is 0.182. The number of phenols is 1. The van der Waals surface area contributed by atoms with Crippen molar-refractivity contribution in [2.24, 2.45) is 0 Å². The molecule has 78 valence electrons. The number of rotatable bonds is 1. The molecule has 4 nitrogen and oxygen atoms in total. The smallest absolute Gasteiger partial charge is 0.340 e. The Morgan fingerprint density at radius 3 is 2.87 bits per heavy atom. The van der Waals surface area contributed by atoms with E-state index >= 15 is 0 Å². The van der Waals surface area contributed by atoms with Crippen molar-refractivity contribution >= 4 is 16.9 Å². The summed E-state index contributed by atoms with van der Waals surface area (Å²) in [6.07, 6.45) is 0. The number of aromatic amines is 1. The highest BCUT2D eigenvalue weighted by molar-refractivity contribution is 6.05. The lowest BCUT2D eigenvalue weighted by Gasteiger charge is -1.98. The van der Waals surface area contributed by atoms with Crippen LogP contribution in [0.2, 0.25) is 0 Å². The van der Waals surface area contributed by atoms with E-state index in [0.29, 0.717) is 10.9 Å². The van der Waals surface area contributed by atoms with Crippen LogP contribution < -0.4 is 0 Å². The van der Waals surface area contributed by atoms with Gasteiger partial charge in [0.2, 0.25) is 0 Å². The Balaban J connectivity index is 2.76. The number of carbonyl (C=O) groups excluding carboxylic acids is 1. The zero-order valence-electron chi connectivity index (χ0n) is 8.50. The van der Waals surface area contributed by atoms with Crippen molar-refractivity contribution in [3.05, 3.63) is 29.5 Å². The normalized spacial score (nSPS) is 10.5. The molecule has 0 aliphatic heterocycles. The maximum Gasteiger partial charge on any atom is 0.340 e. The van der Waals surface area contributed by atoms with E-state index in [4.69, 9.17) is 0 Å². The Kier molecular flexibility index (Phi) is 2.11. The highest BCUT2D eigenvalue weighted by Crippen LogP contribution is 2.26. The zero-order valence-corrected chi connectivity index (χ0v) is 8.50. The number of benzene rings is 1. The molecule has 1 heterocycles. The van der Waals surface area contributed by atoms with Gasteiger partial charge in [0.05, 0.1) is 12.7 Å². The number of esters is 1. The van der Waals surface area contributed by atoms with Crippen LogP contribution in [0.1, 0.15) is 16.1 Å². The third kappa shape index (κ3) is 1.44. The second-order valence-corrected chi connectivity index (χ2v) is 3.35. The van der Waals surface area contributed by atoms with Gasteiger partial charge in [-0.3, -0.25) is 0 Å². The Bertz CT molecular complexity index is 528. The van der Waals surface area contributed by atoms with Crippen molar-refractivity contribution in [2.75, 3.05) is 7.11 Å². The molecule has 2 N–H and O–H groups in total. The summed E-state index contributed by atoms with van der Waals surface area (Å²) in [5, 5.41) is 10.0. The van der Waals surface area contributed by atoms with E-state index in [1.54, 1.807) is 25.1 Å². The molecule has 0 atom stereocenters. The molecule has 1 aromatic carbocycles. The van der Waals surface area contributed by atoms with E-state index in [1.165, 1.54) is 7.11 Å². The molecule has 15 heavy (non-hydrogen) atoms. The maximum atomic E-state index is 11.5. The zero-order chi connectivity index (χ0) is 11.0. The molecule has 0 spiro atoms. The molecule has 0 amide bonds. The molecule has 4 heteroatoms. The van der Waals surface area contributed by atoms with Crippen molar-refractivity contribution in [1.82, 2.24) is 4.98 Å². The van der Waals surface area contributed by atoms with Gasteiger partial charge in [-0.15, -0.1) is 0 Å². The van der Waals surface area contributed by atoms with Crippen molar-refractivity contribution in [3.63, 3.8) is 0 Å². The van der Waals surface area contributed by atoms with Crippen molar-refractivity contribution in [3.8, 4) is 5.75 Å². The van der Waals surface area contributed by atoms with Crippen molar-refractivity contribution in [1.29, 1.82) is 0 Å². The number of aromatic hydroxyl groups is 1. The van der Waals surface area contributed by atoms with Crippen LogP contribution in [0.3, 0.4) is 0 Å². The van der Waals surface area contributed by atoms with Crippen LogP contribution in [0, 0.1) is 6.92 Å². The van der Waals surface area contributed by atoms with Gasteiger partial charge in [0.1, 0.15) is 5.75 Å². The maximum absolute atomic E-state index is 11.5. The van der Waals surface area contributed by atoms with E-state index in [0.717, 1.165) is 11.2 Å². The number of phenolic OH excluding ortho intramolecular Hbond substituents is 1. The minimum atomic E-state index is -0.399. The number of aryl methyl sites for hydroxylation is 1. The summed E-state index contributed by atoms with van der Waals surface area (Å²) in [5.41, 5.74) is 2.02. The number of hydrogen-bond donors (Lipinski definition) is 2.